The Morgan fingerprint density at radius 3 is 1.64 bits per heavy atom. The number of hydrogen-bond acceptors (Lipinski definition) is 24. The standard InChI is InChI=1S/C89H129N23O22S/c1-50(2)38-62-79(123)100-60(26-18-30-71(92)115)87(131)109(7)46-73(117)97-63(40-54-44-107(5)67-27-11-9-21-56(54)67)80(124)98-58(23-14-16-33-95-89(134)112-36-34-111(35-37-112)47-75(119)120)77(121)103-64(41-55-45-108(6)68-28-12-10-22-57(55)68)82(126)106-76(52(4)113)85(129)99-59(25-17-29-70(91)114)78(122)105-66(83(127)101-61(88(132)133)24-13-15-31-90)48-135-49-74(118)96-51(3)86(130)110(8)69(39-53-20-19-32-94-43-53)84(128)104-65(42-72(93)116)81(125)102-62/h9-12,19-22,27-28,32,43-45,50-52,58-66,69,76,113H,13-18,23-26,29-31,33-42,46-49,90H2,1-8H3,(H2,91,114)(H2,92,115)(H2,93,116)(H,95,134)(H,96,118)(H,97,117)(H,98,124)(H,99,129)(H,100,123)(H,101,127)(H,102,125)(H,103,121)(H,104,128)(H,105,122)(H,106,126)(H,119,120)(H,132,133)/t51-,52-,58+,59+,60+,61-,62+,63+,64+,65+,66+,69+,76+/m1/s1. The third kappa shape index (κ3) is 34.6. The molecule has 18 amide bonds. The first-order valence-electron chi connectivity index (χ1n) is 44.8. The quantitative estimate of drug-likeness (QED) is 0.0178. The maximum atomic E-state index is 15.7. The number of carboxylic acid groups (broad SMARTS) is 2. The van der Waals surface area contributed by atoms with E-state index in [0.29, 0.717) is 56.7 Å². The number of carbonyl (C=O) groups is 19. The molecule has 5 heterocycles. The number of carbonyl (C=O) groups excluding carboxylic acids is 17. The van der Waals surface area contributed by atoms with Crippen molar-refractivity contribution < 1.29 is 106 Å². The summed E-state index contributed by atoms with van der Waals surface area (Å²) >= 11 is 0.693. The third-order valence-corrected chi connectivity index (χ3v) is 24.0. The summed E-state index contributed by atoms with van der Waals surface area (Å²) in [5.41, 5.74) is 25.2. The number of aromatic nitrogens is 3. The van der Waals surface area contributed by atoms with Gasteiger partial charge in [-0.3, -0.25) is 91.4 Å². The Bertz CT molecular complexity index is 5020. The first-order chi connectivity index (χ1) is 64.0. The van der Waals surface area contributed by atoms with Gasteiger partial charge in [0.15, 0.2) is 0 Å². The SMILES string of the molecule is CC(C)C[C@@H]1NC(=O)[C@H](CC(N)=O)NC(=O)[C@H](Cc2cccnc2)N(C)C(=O)[C@@H](C)NC(=O)CSC[C@@H](C(=O)N[C@H](CCCCN)C(=O)O)NC(=O)[C@H](CCCC(N)=O)NC(=O)[C@H]([C@@H](C)O)NC(=O)[C@H](Cc2cn(C)c3ccccc23)NC(=O)[C@H](CCCCNC(=O)N2CCN(CC(=O)O)CC2)NC(=O)[C@H](Cc2cn(C)c3ccccc23)NC(=O)CN(C)C(=O)[C@H](CCCC(N)=O)NC1=O. The number of aliphatic carboxylic acids is 2. The van der Waals surface area contributed by atoms with Crippen LogP contribution in [0.4, 0.5) is 4.79 Å². The van der Waals surface area contributed by atoms with E-state index in [1.807, 2.05) is 0 Å². The molecule has 0 bridgehead atoms. The molecule has 5 aromatic rings. The maximum absolute atomic E-state index is 15.7. The number of aliphatic hydroxyl groups is 1. The molecule has 7 rings (SSSR count). The lowest BCUT2D eigenvalue weighted by Gasteiger charge is -2.33. The maximum Gasteiger partial charge on any atom is 0.326 e. The summed E-state index contributed by atoms with van der Waals surface area (Å²) < 4.78 is 3.51. The second-order valence-electron chi connectivity index (χ2n) is 34.4. The van der Waals surface area contributed by atoms with E-state index in [1.54, 1.807) is 109 Å². The summed E-state index contributed by atoms with van der Waals surface area (Å²) in [6.45, 7) is 5.82. The van der Waals surface area contributed by atoms with Gasteiger partial charge in [0, 0.05) is 145 Å². The number of primary amides is 3. The average Bonchev–Trinajstić information content (AvgIpc) is 1.65. The molecule has 23 N–H and O–H groups in total. The van der Waals surface area contributed by atoms with Gasteiger partial charge in [-0.2, -0.15) is 0 Å². The van der Waals surface area contributed by atoms with Crippen LogP contribution in [0.1, 0.15) is 134 Å². The fraction of sp³-hybridized carbons (Fsp3) is 0.551. The van der Waals surface area contributed by atoms with Crippen molar-refractivity contribution in [2.45, 2.75) is 215 Å². The van der Waals surface area contributed by atoms with Crippen LogP contribution in [-0.4, -0.2) is 318 Å². The molecule has 0 radical (unpaired) electrons. The number of piperazine rings is 1. The molecule has 45 nitrogen and oxygen atoms in total. The van der Waals surface area contributed by atoms with E-state index >= 15 is 19.2 Å². The Morgan fingerprint density at radius 2 is 1.07 bits per heavy atom. The number of rotatable bonds is 33. The highest BCUT2D eigenvalue weighted by Crippen LogP contribution is 2.25. The molecular weight excluding hydrogens is 1780 g/mol. The highest BCUT2D eigenvalue weighted by Gasteiger charge is 2.41. The lowest BCUT2D eigenvalue weighted by Crippen LogP contribution is -2.62. The number of amides is 18. The number of thioether (sulfide) groups is 1. The number of nitrogens with zero attached hydrogens (tertiary/aromatic N) is 7. The van der Waals surface area contributed by atoms with Crippen molar-refractivity contribution in [1.29, 1.82) is 0 Å². The van der Waals surface area contributed by atoms with Crippen LogP contribution in [0, 0.1) is 5.92 Å². The fourth-order valence-corrected chi connectivity index (χ4v) is 16.6. The van der Waals surface area contributed by atoms with Gasteiger partial charge >= 0.3 is 18.0 Å². The Kier molecular flexibility index (Phi) is 43.1. The van der Waals surface area contributed by atoms with Crippen LogP contribution in [0.25, 0.3) is 21.8 Å². The molecule has 3 aromatic heterocycles. The zero-order valence-electron chi connectivity index (χ0n) is 77.2. The summed E-state index contributed by atoms with van der Waals surface area (Å²) in [7, 11) is 5.86. The number of fused-ring (bicyclic) bond motifs is 2. The van der Waals surface area contributed by atoms with E-state index in [1.165, 1.54) is 44.4 Å². The first-order valence-corrected chi connectivity index (χ1v) is 46.0. The third-order valence-electron chi connectivity index (χ3n) is 22.9. The number of benzene rings is 2. The lowest BCUT2D eigenvalue weighted by atomic mass is 10.0. The smallest absolute Gasteiger partial charge is 0.326 e. The van der Waals surface area contributed by atoms with E-state index < -0.39 is 228 Å². The Morgan fingerprint density at radius 1 is 0.548 bits per heavy atom. The van der Waals surface area contributed by atoms with Gasteiger partial charge in [0.05, 0.1) is 31.4 Å². The second-order valence-corrected chi connectivity index (χ2v) is 35.4. The number of pyridine rings is 1. The molecule has 2 aromatic carbocycles. The van der Waals surface area contributed by atoms with Gasteiger partial charge in [0.2, 0.25) is 94.5 Å². The number of para-hydroxylation sites is 2. The monoisotopic (exact) mass is 1900 g/mol. The van der Waals surface area contributed by atoms with Crippen LogP contribution < -0.4 is 86.7 Å². The number of hydrogen-bond donors (Lipinski definition) is 19. The zero-order valence-corrected chi connectivity index (χ0v) is 78.0. The molecule has 2 saturated heterocycles. The van der Waals surface area contributed by atoms with Gasteiger partial charge in [0.1, 0.15) is 72.5 Å². The van der Waals surface area contributed by atoms with Crippen LogP contribution in [-0.2, 0) is 120 Å². The van der Waals surface area contributed by atoms with E-state index in [9.17, 15) is 87.2 Å². The molecule has 13 atom stereocenters. The number of urea groups is 1. The number of aryl methyl sites for hydroxylation is 2. The molecule has 0 saturated carbocycles. The molecule has 2 aliphatic heterocycles. The minimum atomic E-state index is -2.04. The van der Waals surface area contributed by atoms with Crippen LogP contribution in [0.2, 0.25) is 0 Å². The van der Waals surface area contributed by atoms with E-state index in [2.05, 4.69) is 68.8 Å². The minimum Gasteiger partial charge on any atom is -0.480 e. The minimum absolute atomic E-state index is 0.00547. The molecule has 46 heteroatoms. The van der Waals surface area contributed by atoms with Crippen molar-refractivity contribution in [2.24, 2.45) is 42.9 Å². The summed E-state index contributed by atoms with van der Waals surface area (Å²) in [5, 5.41) is 63.8. The fourth-order valence-electron chi connectivity index (χ4n) is 15.8. The lowest BCUT2D eigenvalue weighted by molar-refractivity contribution is -0.142. The van der Waals surface area contributed by atoms with Crippen molar-refractivity contribution in [2.75, 3.05) is 78.0 Å². The number of unbranched alkanes of at least 4 members (excludes halogenated alkanes) is 2. The van der Waals surface area contributed by atoms with Crippen molar-refractivity contribution in [3.05, 3.63) is 102 Å². The van der Waals surface area contributed by atoms with Gasteiger partial charge in [-0.15, -0.1) is 11.8 Å². The number of nitrogens with two attached hydrogens (primary N) is 4. The predicted octanol–water partition coefficient (Wildman–Crippen LogP) is -4.11. The van der Waals surface area contributed by atoms with Crippen molar-refractivity contribution in [3.63, 3.8) is 0 Å². The largest absolute Gasteiger partial charge is 0.480 e. The highest BCUT2D eigenvalue weighted by molar-refractivity contribution is 8.00. The van der Waals surface area contributed by atoms with Crippen molar-refractivity contribution in [3.8, 4) is 0 Å². The van der Waals surface area contributed by atoms with Crippen LogP contribution in [0.5, 0.6) is 0 Å². The summed E-state index contributed by atoms with van der Waals surface area (Å²) in [4.78, 5) is 279. The van der Waals surface area contributed by atoms with E-state index in [4.69, 9.17) is 22.9 Å². The molecule has 0 spiro atoms. The van der Waals surface area contributed by atoms with Gasteiger partial charge < -0.3 is 126 Å². The molecule has 2 aliphatic rings. The number of likely N-dealkylation sites (N-methyl/N-ethyl adjacent to an activating group) is 2. The summed E-state index contributed by atoms with van der Waals surface area (Å²) in [6, 6.07) is -3.66. The van der Waals surface area contributed by atoms with Crippen LogP contribution in [0.15, 0.2) is 85.5 Å². The average molecular weight is 1910 g/mol. The topological polar surface area (TPSA) is 669 Å². The van der Waals surface area contributed by atoms with E-state index in [0.717, 1.165) is 16.7 Å². The van der Waals surface area contributed by atoms with Gasteiger partial charge in [0.25, 0.3) is 0 Å². The summed E-state index contributed by atoms with van der Waals surface area (Å²) in [6.07, 6.45) is 0.844. The zero-order chi connectivity index (χ0) is 99.4. The normalized spacial score (nSPS) is 22.3. The Balaban J connectivity index is 1.35. The van der Waals surface area contributed by atoms with Crippen molar-refractivity contribution in [1.82, 2.24) is 97.5 Å². The van der Waals surface area contributed by atoms with Crippen LogP contribution >= 0.6 is 11.8 Å². The predicted molar refractivity (Wildman–Crippen MR) is 494 cm³/mol. The molecule has 0 unspecified atom stereocenters. The van der Waals surface area contributed by atoms with Crippen molar-refractivity contribution >= 4 is 146 Å². The number of nitrogens with one attached hydrogen (secondary N) is 12. The molecule has 135 heavy (non-hydrogen) atoms. The van der Waals surface area contributed by atoms with Gasteiger partial charge in [-0.25, -0.2) is 9.59 Å². The van der Waals surface area contributed by atoms with E-state index in [-0.39, 0.29) is 136 Å². The molecule has 0 aliphatic carbocycles. The second kappa shape index (κ2) is 53.5. The van der Waals surface area contributed by atoms with Crippen LogP contribution in [0.3, 0.4) is 0 Å². The molecular formula is C89H129N23O22S. The highest BCUT2D eigenvalue weighted by atomic mass is 32.2. The van der Waals surface area contributed by atoms with Gasteiger partial charge in [-0.1, -0.05) is 56.3 Å². The Labute approximate surface area is 784 Å². The number of aliphatic hydroxyl groups excluding tert-OH is 1. The van der Waals surface area contributed by atoms with Gasteiger partial charge in [-0.05, 0) is 132 Å². The molecule has 2 fully saturated rings. The summed E-state index contributed by atoms with van der Waals surface area (Å²) in [5.74, 6) is -20.5. The number of carboxylic acids is 2. The Hall–Kier alpha value is -13.4. The first kappa shape index (κ1) is 109. The molecule has 738 valence electrons.